The summed E-state index contributed by atoms with van der Waals surface area (Å²) in [6.07, 6.45) is 0.825. The highest BCUT2D eigenvalue weighted by Crippen LogP contribution is 2.60. The average Bonchev–Trinajstić information content (AvgIpc) is 2.90. The van der Waals surface area contributed by atoms with Gasteiger partial charge in [-0.1, -0.05) is 61.9 Å². The van der Waals surface area contributed by atoms with E-state index in [-0.39, 0.29) is 21.6 Å². The normalized spacial score (nSPS) is 21.0. The molecule has 2 aliphatic heterocycles. The second-order valence-corrected chi connectivity index (χ2v) is 9.29. The first-order valence-corrected chi connectivity index (χ1v) is 10.5. The number of nitro benzene ring substituents is 1. The molecular weight excluding hydrogens is 372 g/mol. The Hall–Kier alpha value is -3.14. The number of non-ortho nitro benzene ring substituents is 1. The number of nitrogens with zero attached hydrogens (tertiary/aromatic N) is 2. The Morgan fingerprint density at radius 3 is 2.43 bits per heavy atom. The van der Waals surface area contributed by atoms with E-state index < -0.39 is 0 Å². The molecule has 3 aromatic rings. The van der Waals surface area contributed by atoms with Crippen molar-refractivity contribution < 1.29 is 4.92 Å². The summed E-state index contributed by atoms with van der Waals surface area (Å²) in [7, 11) is 0. The van der Waals surface area contributed by atoms with Crippen LogP contribution in [0.15, 0.2) is 60.7 Å². The molecular formula is C26H26N2O2. The van der Waals surface area contributed by atoms with Crippen LogP contribution in [-0.4, -0.2) is 4.92 Å². The standard InChI is InChI=1S/C26H26N2O2/c1-17-9-12-22(18(2)13-17)26-15-19-10-11-21(28(29)30)14-20(19)16-27(26)24-8-6-5-7-23(24)25(26,3)4/h5-14H,15-16H2,1-4H3. The first-order valence-electron chi connectivity index (χ1n) is 10.5. The third-order valence-corrected chi connectivity index (χ3v) is 7.37. The molecule has 1 atom stereocenters. The van der Waals surface area contributed by atoms with Gasteiger partial charge in [0, 0.05) is 36.2 Å². The Morgan fingerprint density at radius 2 is 1.70 bits per heavy atom. The van der Waals surface area contributed by atoms with Crippen LogP contribution in [0.25, 0.3) is 0 Å². The highest BCUT2D eigenvalue weighted by atomic mass is 16.6. The molecule has 30 heavy (non-hydrogen) atoms. The van der Waals surface area contributed by atoms with Crippen LogP contribution in [0.3, 0.4) is 0 Å². The summed E-state index contributed by atoms with van der Waals surface area (Å²) >= 11 is 0. The lowest BCUT2D eigenvalue weighted by Crippen LogP contribution is -2.56. The van der Waals surface area contributed by atoms with E-state index in [1.807, 2.05) is 6.07 Å². The van der Waals surface area contributed by atoms with Gasteiger partial charge >= 0.3 is 0 Å². The van der Waals surface area contributed by atoms with Gasteiger partial charge in [0.05, 0.1) is 10.5 Å². The Balaban J connectivity index is 1.80. The predicted molar refractivity (Wildman–Crippen MR) is 120 cm³/mol. The minimum atomic E-state index is -0.297. The average molecular weight is 399 g/mol. The van der Waals surface area contributed by atoms with Crippen molar-refractivity contribution in [2.45, 2.75) is 51.6 Å². The summed E-state index contributed by atoms with van der Waals surface area (Å²) < 4.78 is 0. The second-order valence-electron chi connectivity index (χ2n) is 9.29. The molecule has 0 saturated carbocycles. The van der Waals surface area contributed by atoms with Crippen LogP contribution in [0.4, 0.5) is 11.4 Å². The summed E-state index contributed by atoms with van der Waals surface area (Å²) in [5.74, 6) is 0. The SMILES string of the molecule is Cc1ccc(C23Cc4ccc([N+](=O)[O-])cc4CN2c2ccccc2C3(C)C)c(C)c1. The molecule has 0 aromatic heterocycles. The maximum atomic E-state index is 11.4. The van der Waals surface area contributed by atoms with Gasteiger partial charge < -0.3 is 4.90 Å². The number of rotatable bonds is 2. The fraction of sp³-hybridized carbons (Fsp3) is 0.308. The summed E-state index contributed by atoms with van der Waals surface area (Å²) in [4.78, 5) is 13.6. The van der Waals surface area contributed by atoms with Crippen LogP contribution < -0.4 is 4.90 Å². The minimum Gasteiger partial charge on any atom is -0.356 e. The van der Waals surface area contributed by atoms with E-state index in [0.717, 1.165) is 12.0 Å². The first-order chi connectivity index (χ1) is 14.3. The number of fused-ring (bicyclic) bond motifs is 4. The zero-order chi connectivity index (χ0) is 21.3. The van der Waals surface area contributed by atoms with E-state index in [0.29, 0.717) is 6.54 Å². The molecule has 0 radical (unpaired) electrons. The van der Waals surface area contributed by atoms with Crippen molar-refractivity contribution in [3.05, 3.63) is 104 Å². The van der Waals surface area contributed by atoms with E-state index >= 15 is 0 Å². The topological polar surface area (TPSA) is 46.4 Å². The maximum Gasteiger partial charge on any atom is 0.269 e. The molecule has 5 rings (SSSR count). The highest BCUT2D eigenvalue weighted by molar-refractivity contribution is 5.71. The van der Waals surface area contributed by atoms with Crippen molar-refractivity contribution >= 4 is 11.4 Å². The molecule has 1 unspecified atom stereocenters. The van der Waals surface area contributed by atoms with E-state index in [1.165, 1.54) is 33.5 Å². The van der Waals surface area contributed by atoms with Crippen LogP contribution in [0.2, 0.25) is 0 Å². The smallest absolute Gasteiger partial charge is 0.269 e. The number of aryl methyl sites for hydroxylation is 2. The van der Waals surface area contributed by atoms with E-state index in [2.05, 4.69) is 75.1 Å². The highest BCUT2D eigenvalue weighted by Gasteiger charge is 2.59. The van der Waals surface area contributed by atoms with Gasteiger partial charge in [-0.2, -0.15) is 0 Å². The summed E-state index contributed by atoms with van der Waals surface area (Å²) in [6.45, 7) is 9.71. The van der Waals surface area contributed by atoms with Gasteiger partial charge in [0.1, 0.15) is 0 Å². The van der Waals surface area contributed by atoms with Crippen molar-refractivity contribution in [1.29, 1.82) is 0 Å². The van der Waals surface area contributed by atoms with Crippen molar-refractivity contribution in [1.82, 2.24) is 0 Å². The lowest BCUT2D eigenvalue weighted by molar-refractivity contribution is -0.384. The van der Waals surface area contributed by atoms with Crippen LogP contribution in [0.1, 0.15) is 47.2 Å². The maximum absolute atomic E-state index is 11.4. The Kier molecular flexibility index (Phi) is 3.88. The fourth-order valence-corrected chi connectivity index (χ4v) is 5.89. The Labute approximate surface area is 177 Å². The third-order valence-electron chi connectivity index (χ3n) is 7.37. The second kappa shape index (κ2) is 6.18. The largest absolute Gasteiger partial charge is 0.356 e. The minimum absolute atomic E-state index is 0.122. The Bertz CT molecular complexity index is 1200. The Morgan fingerprint density at radius 1 is 0.933 bits per heavy atom. The number of para-hydroxylation sites is 1. The van der Waals surface area contributed by atoms with Gasteiger partial charge in [0.15, 0.2) is 0 Å². The van der Waals surface area contributed by atoms with Crippen LogP contribution in [0, 0.1) is 24.0 Å². The summed E-state index contributed by atoms with van der Waals surface area (Å²) in [5, 5.41) is 11.4. The molecule has 0 fully saturated rings. The molecule has 152 valence electrons. The molecule has 2 aliphatic rings. The first kappa shape index (κ1) is 18.9. The molecule has 0 bridgehead atoms. The number of hydrogen-bond donors (Lipinski definition) is 0. The van der Waals surface area contributed by atoms with Crippen molar-refractivity contribution in [3.8, 4) is 0 Å². The predicted octanol–water partition coefficient (Wildman–Crippen LogP) is 5.96. The molecule has 3 aromatic carbocycles. The lowest BCUT2D eigenvalue weighted by Gasteiger charge is -2.52. The van der Waals surface area contributed by atoms with Crippen molar-refractivity contribution in [2.75, 3.05) is 4.90 Å². The summed E-state index contributed by atoms with van der Waals surface area (Å²) in [6, 6.07) is 20.8. The summed E-state index contributed by atoms with van der Waals surface area (Å²) in [5.41, 5.74) is 8.55. The quantitative estimate of drug-likeness (QED) is 0.395. The van der Waals surface area contributed by atoms with Crippen LogP contribution >= 0.6 is 0 Å². The van der Waals surface area contributed by atoms with Gasteiger partial charge in [-0.25, -0.2) is 0 Å². The number of nitro groups is 1. The lowest BCUT2D eigenvalue weighted by atomic mass is 9.62. The molecule has 0 amide bonds. The molecule has 4 heteroatoms. The third kappa shape index (κ3) is 2.33. The van der Waals surface area contributed by atoms with Crippen molar-refractivity contribution in [3.63, 3.8) is 0 Å². The molecule has 0 aliphatic carbocycles. The zero-order valence-electron chi connectivity index (χ0n) is 17.9. The van der Waals surface area contributed by atoms with E-state index in [1.54, 1.807) is 12.1 Å². The zero-order valence-corrected chi connectivity index (χ0v) is 17.9. The van der Waals surface area contributed by atoms with Crippen LogP contribution in [-0.2, 0) is 23.9 Å². The number of benzene rings is 3. The van der Waals surface area contributed by atoms with Gasteiger partial charge in [0.2, 0.25) is 0 Å². The van der Waals surface area contributed by atoms with Gasteiger partial charge in [-0.15, -0.1) is 0 Å². The van der Waals surface area contributed by atoms with Gasteiger partial charge in [-0.3, -0.25) is 10.1 Å². The van der Waals surface area contributed by atoms with Crippen LogP contribution in [0.5, 0.6) is 0 Å². The molecule has 0 spiro atoms. The van der Waals surface area contributed by atoms with E-state index in [4.69, 9.17) is 0 Å². The number of hydrogen-bond acceptors (Lipinski definition) is 3. The molecule has 2 heterocycles. The van der Waals surface area contributed by atoms with Gasteiger partial charge in [0.25, 0.3) is 5.69 Å². The molecule has 0 N–H and O–H groups in total. The number of anilines is 1. The molecule has 4 nitrogen and oxygen atoms in total. The molecule has 0 saturated heterocycles. The monoisotopic (exact) mass is 398 g/mol. The van der Waals surface area contributed by atoms with Gasteiger partial charge in [-0.05, 0) is 47.7 Å². The van der Waals surface area contributed by atoms with Crippen molar-refractivity contribution in [2.24, 2.45) is 0 Å². The fourth-order valence-electron chi connectivity index (χ4n) is 5.89. The van der Waals surface area contributed by atoms with E-state index in [9.17, 15) is 10.1 Å².